The van der Waals surface area contributed by atoms with Crippen LogP contribution in [0.3, 0.4) is 0 Å². The molecule has 0 saturated carbocycles. The Balaban J connectivity index is 0.000000323. The van der Waals surface area contributed by atoms with E-state index < -0.39 is 20.2 Å². The van der Waals surface area contributed by atoms with E-state index in [1.807, 2.05) is 36.4 Å². The number of carbonyl (C=O) groups excluding carboxylic acids is 3. The summed E-state index contributed by atoms with van der Waals surface area (Å²) in [5.41, 5.74) is 4.93. The minimum absolute atomic E-state index is 0.00431. The fourth-order valence-corrected chi connectivity index (χ4v) is 19.6. The van der Waals surface area contributed by atoms with Gasteiger partial charge in [-0.3, -0.25) is 68.3 Å². The van der Waals surface area contributed by atoms with Crippen molar-refractivity contribution in [1.29, 1.82) is 5.26 Å². The van der Waals surface area contributed by atoms with E-state index in [1.54, 1.807) is 40.1 Å². The van der Waals surface area contributed by atoms with Crippen LogP contribution in [0.5, 0.6) is 0 Å². The van der Waals surface area contributed by atoms with Gasteiger partial charge in [-0.05, 0) is 217 Å². The molecule has 1 aromatic heterocycles. The lowest BCUT2D eigenvalue weighted by Gasteiger charge is -2.43. The van der Waals surface area contributed by atoms with Crippen LogP contribution in [-0.4, -0.2) is 453 Å². The second-order valence-corrected chi connectivity index (χ2v) is 51.1. The van der Waals surface area contributed by atoms with Crippen molar-refractivity contribution in [2.24, 2.45) is 0 Å². The molecule has 788 valence electrons. The van der Waals surface area contributed by atoms with Gasteiger partial charge in [0.05, 0.1) is 54.9 Å². The highest BCUT2D eigenvalue weighted by atomic mass is 35.5. The Kier molecular flexibility index (Phi) is 50.7. The summed E-state index contributed by atoms with van der Waals surface area (Å²) < 4.78 is 55.3. The average Bonchev–Trinajstić information content (AvgIpc) is 0.789. The molecule has 12 rings (SSSR count). The number of rotatable bonds is 12. The lowest BCUT2D eigenvalue weighted by Crippen LogP contribution is -2.56. The number of amides is 2. The van der Waals surface area contributed by atoms with Crippen LogP contribution in [0, 0.1) is 11.3 Å². The quantitative estimate of drug-likeness (QED) is 0.142. The van der Waals surface area contributed by atoms with Crippen LogP contribution in [0.4, 0.5) is 17.2 Å². The van der Waals surface area contributed by atoms with E-state index in [-0.39, 0.29) is 75.3 Å². The number of esters is 1. The normalized spacial score (nSPS) is 20.0. The van der Waals surface area contributed by atoms with E-state index in [0.29, 0.717) is 61.3 Å². The number of nitriles is 1. The lowest BCUT2D eigenvalue weighted by molar-refractivity contribution is -0.142. The molecule has 3 aromatic rings. The first-order valence-electron chi connectivity index (χ1n) is 49.4. The highest BCUT2D eigenvalue weighted by Crippen LogP contribution is 2.35. The van der Waals surface area contributed by atoms with Crippen molar-refractivity contribution in [3.05, 3.63) is 75.6 Å². The van der Waals surface area contributed by atoms with Gasteiger partial charge in [0.15, 0.2) is 0 Å². The molecule has 0 radical (unpaired) electrons. The molecule has 10 heterocycles. The van der Waals surface area contributed by atoms with Gasteiger partial charge in [-0.2, -0.15) is 26.6 Å². The number of hydrogen-bond acceptors (Lipinski definition) is 27. The molecular formula is C100H185Cl3N22O10S2. The third-order valence-electron chi connectivity index (χ3n) is 26.5. The number of aliphatic hydroxyl groups excluding tert-OH is 2. The van der Waals surface area contributed by atoms with Crippen molar-refractivity contribution in [1.82, 2.24) is 87.0 Å². The summed E-state index contributed by atoms with van der Waals surface area (Å²) >= 11 is 18.4. The molecule has 2 aromatic carbocycles. The molecule has 0 atom stereocenters. The molecule has 0 aliphatic carbocycles. The molecule has 32 nitrogen and oxygen atoms in total. The van der Waals surface area contributed by atoms with Crippen LogP contribution in [0.15, 0.2) is 55.0 Å². The molecule has 3 N–H and O–H groups in total. The SMILES string of the molecule is CC(C)(C)N1CCN(C(=O)CO)CC1.CC(C)(C)N1CCN(CCC#N)CC1.CC(C)(C)N1CCN(S(C)(=O)=O)CC1.CC(C)(C)N1CCN(c2cccc(Cl)c2)CC1.CC(C)(C)N1CCN(c2cccc(Cl)c2Cl)CC1.CC(C)(C)N1CCN(c2ncncc2CO)CC1.CC(C)(C)N1CCNC(=O)C1.CN(C)S(=O)(=O)N1CCN(C(C)(C)C)CC1.COC(=O)CN1CCN(C(C)(C)C)CC1. The summed E-state index contributed by atoms with van der Waals surface area (Å²) in [5.74, 6) is 0.727. The highest BCUT2D eigenvalue weighted by Gasteiger charge is 2.37. The third-order valence-corrected chi connectivity index (χ3v) is 30.7. The number of benzene rings is 2. The maximum Gasteiger partial charge on any atom is 0.319 e. The topological polar surface area (TPSA) is 289 Å². The molecule has 137 heavy (non-hydrogen) atoms. The van der Waals surface area contributed by atoms with E-state index in [1.165, 1.54) is 23.4 Å². The molecule has 37 heteroatoms. The fraction of sp³-hybridized carbons (Fsp3) is 0.800. The maximum atomic E-state index is 11.9. The summed E-state index contributed by atoms with van der Waals surface area (Å²) in [6.45, 7) is 92.8. The summed E-state index contributed by atoms with van der Waals surface area (Å²) in [4.78, 5) is 76.3. The van der Waals surface area contributed by atoms with E-state index in [2.05, 4.69) is 288 Å². The lowest BCUT2D eigenvalue weighted by atomic mass is 10.0. The van der Waals surface area contributed by atoms with Gasteiger partial charge in [0.1, 0.15) is 18.8 Å². The van der Waals surface area contributed by atoms with Crippen LogP contribution < -0.4 is 20.0 Å². The molecule has 9 aliphatic heterocycles. The molecule has 0 unspecified atom stereocenters. The van der Waals surface area contributed by atoms with Crippen molar-refractivity contribution in [3.63, 3.8) is 0 Å². The monoisotopic (exact) mass is 2020 g/mol. The first-order chi connectivity index (χ1) is 63.2. The van der Waals surface area contributed by atoms with E-state index >= 15 is 0 Å². The number of ether oxygens (including phenoxy) is 1. The van der Waals surface area contributed by atoms with Gasteiger partial charge in [0.2, 0.25) is 21.8 Å². The van der Waals surface area contributed by atoms with Gasteiger partial charge in [-0.15, -0.1) is 0 Å². The van der Waals surface area contributed by atoms with Crippen LogP contribution in [-0.2, 0) is 46.0 Å². The van der Waals surface area contributed by atoms with Crippen LogP contribution in [0.1, 0.15) is 199 Å². The number of sulfonamides is 1. The summed E-state index contributed by atoms with van der Waals surface area (Å²) in [6.07, 6.45) is 5.18. The Morgan fingerprint density at radius 2 is 0.839 bits per heavy atom. The predicted octanol–water partition coefficient (Wildman–Crippen LogP) is 10.7. The Hall–Kier alpha value is -5.05. The number of carbonyl (C=O) groups is 3. The first kappa shape index (κ1) is 124. The zero-order chi connectivity index (χ0) is 104. The molecule has 9 saturated heterocycles. The Morgan fingerprint density at radius 3 is 1.19 bits per heavy atom. The Labute approximate surface area is 845 Å². The molecule has 0 bridgehead atoms. The Morgan fingerprint density at radius 1 is 0.474 bits per heavy atom. The zero-order valence-electron chi connectivity index (χ0n) is 90.5. The minimum atomic E-state index is -3.23. The summed E-state index contributed by atoms with van der Waals surface area (Å²) in [5, 5.41) is 31.4. The van der Waals surface area contributed by atoms with Gasteiger partial charge in [-0.1, -0.05) is 46.9 Å². The van der Waals surface area contributed by atoms with Gasteiger partial charge in [0.25, 0.3) is 10.2 Å². The van der Waals surface area contributed by atoms with Gasteiger partial charge in [0, 0.05) is 322 Å². The fourth-order valence-electron chi connectivity index (χ4n) is 17.1. The summed E-state index contributed by atoms with van der Waals surface area (Å²) in [6, 6.07) is 16.2. The number of anilines is 3. The van der Waals surface area contributed by atoms with Crippen molar-refractivity contribution in [3.8, 4) is 6.07 Å². The van der Waals surface area contributed by atoms with Gasteiger partial charge in [-0.25, -0.2) is 18.4 Å². The van der Waals surface area contributed by atoms with Crippen LogP contribution in [0.25, 0.3) is 0 Å². The number of piperazine rings is 9. The number of nitrogens with zero attached hydrogens (tertiary/aromatic N) is 21. The van der Waals surface area contributed by atoms with E-state index in [4.69, 9.17) is 45.2 Å². The van der Waals surface area contributed by atoms with Crippen LogP contribution >= 0.6 is 34.8 Å². The second kappa shape index (κ2) is 55.9. The van der Waals surface area contributed by atoms with Crippen molar-refractivity contribution >= 4 is 90.0 Å². The summed E-state index contributed by atoms with van der Waals surface area (Å²) in [7, 11) is -1.63. The first-order valence-corrected chi connectivity index (χ1v) is 53.8. The van der Waals surface area contributed by atoms with Crippen molar-refractivity contribution in [2.75, 3.05) is 291 Å². The highest BCUT2D eigenvalue weighted by molar-refractivity contribution is 7.88. The number of methoxy groups -OCH3 is 1. The smallest absolute Gasteiger partial charge is 0.319 e. The molecule has 9 aliphatic rings. The number of aliphatic hydroxyl groups is 2. The van der Waals surface area contributed by atoms with Crippen LogP contribution in [0.2, 0.25) is 15.1 Å². The number of halogens is 3. The molecular weight excluding hydrogens is 1840 g/mol. The average molecular weight is 2030 g/mol. The largest absolute Gasteiger partial charge is 0.468 e. The number of hydrogen-bond donors (Lipinski definition) is 3. The predicted molar refractivity (Wildman–Crippen MR) is 567 cm³/mol. The maximum absolute atomic E-state index is 11.9. The third kappa shape index (κ3) is 44.2. The minimum Gasteiger partial charge on any atom is -0.468 e. The number of nitrogens with one attached hydrogen (secondary N) is 1. The van der Waals surface area contributed by atoms with E-state index in [0.717, 1.165) is 225 Å². The standard InChI is InChI=1S/C14H20Cl2N2.C14H21ClN2.C13H22N4O.C11H21N3.C11H22N2O2.C10H23N3O2S.C10H20N2O2.C9H20N2O2S.C8H16N2O/c1-14(2,3)18-9-7-17(8-10-18)12-6-4-5-11(15)13(12)16;1-14(2,3)17-9-7-16(8-10-17)13-6-4-5-12(15)11-13;1-13(2,3)17-6-4-16(5-7-17)12-11(9-18)8-14-10-15-12;1-11(2,3)14-9-7-13(8-10-14)6-4-5-12;1-11(2,3)13-7-5-12(6-8-13)9-10(14)15-4;1-10(2,3)12-6-8-13(9-7-12)16(14,15)11(4)5;1-10(2,3)12-6-4-11(5-7-12)9(14)8-13;1-9(2,3)10-5-7-11(8-6-10)14(4,12)13;1-8(2,3)10-5-4-9-7(11)6-10/h4-6H,7-10H2,1-3H3;4-6,11H,7-10H2,1-3H3;8,10,18H,4-7,9H2,1-3H3;4,6-10H2,1-3H3;5-9H2,1-4H3;6-9H2,1-5H3;13H,4-8H2,1-3H3;5-8H2,1-4H3;4-6H2,1-3H3,(H,9,11). The Bertz CT molecular complexity index is 4300. The van der Waals surface area contributed by atoms with Gasteiger partial charge < -0.3 is 39.9 Å². The number of aromatic nitrogens is 2. The van der Waals surface area contributed by atoms with Crippen molar-refractivity contribution < 1.29 is 46.2 Å². The zero-order valence-corrected chi connectivity index (χ0v) is 94.4. The van der Waals surface area contributed by atoms with Crippen molar-refractivity contribution in [2.45, 2.75) is 250 Å². The molecule has 0 spiro atoms. The van der Waals surface area contributed by atoms with Gasteiger partial charge >= 0.3 is 5.97 Å². The second-order valence-electron chi connectivity index (χ2n) is 45.7. The van der Waals surface area contributed by atoms with E-state index in [9.17, 15) is 36.3 Å². The molecule has 9 fully saturated rings. The molecule has 2 amide bonds.